The molecule has 0 amide bonds. The Kier molecular flexibility index (Phi) is 5.61. The summed E-state index contributed by atoms with van der Waals surface area (Å²) in [6.07, 6.45) is 0. The molecule has 2 aromatic carbocycles. The van der Waals surface area contributed by atoms with Crippen LogP contribution in [0.4, 0.5) is 5.69 Å². The second-order valence-electron chi connectivity index (χ2n) is 8.76. The monoisotopic (exact) mass is 448 g/mol. The highest BCUT2D eigenvalue weighted by atomic mass is 32.1. The molecule has 0 radical (unpaired) electrons. The van der Waals surface area contributed by atoms with Gasteiger partial charge in [-0.3, -0.25) is 14.3 Å². The minimum atomic E-state index is -0.324. The highest BCUT2D eigenvalue weighted by Crippen LogP contribution is 2.29. The van der Waals surface area contributed by atoms with Gasteiger partial charge < -0.3 is 9.88 Å². The van der Waals surface area contributed by atoms with Crippen LogP contribution in [-0.4, -0.2) is 47.2 Å². The second kappa shape index (κ2) is 8.56. The predicted octanol–water partition coefficient (Wildman–Crippen LogP) is 3.85. The molecule has 0 bridgehead atoms. The number of nitrogens with zero attached hydrogens (tertiary/aromatic N) is 3. The molecule has 1 aliphatic rings. The van der Waals surface area contributed by atoms with Gasteiger partial charge in [0.25, 0.3) is 5.56 Å². The van der Waals surface area contributed by atoms with E-state index in [-0.39, 0.29) is 11.2 Å². The first-order valence-electron chi connectivity index (χ1n) is 11.2. The van der Waals surface area contributed by atoms with Gasteiger partial charge in [-0.2, -0.15) is 0 Å². The zero-order chi connectivity index (χ0) is 22.2. The van der Waals surface area contributed by atoms with Crippen LogP contribution in [0.15, 0.2) is 58.1 Å². The Balaban J connectivity index is 1.26. The molecule has 166 valence electrons. The maximum absolute atomic E-state index is 13.0. The lowest BCUT2D eigenvalue weighted by atomic mass is 10.0. The van der Waals surface area contributed by atoms with Gasteiger partial charge in [-0.1, -0.05) is 44.2 Å². The van der Waals surface area contributed by atoms with Crippen molar-refractivity contribution in [2.24, 2.45) is 0 Å². The summed E-state index contributed by atoms with van der Waals surface area (Å²) in [7, 11) is 0. The zero-order valence-corrected chi connectivity index (χ0v) is 19.3. The summed E-state index contributed by atoms with van der Waals surface area (Å²) in [5.41, 5.74) is 2.77. The molecular weight excluding hydrogens is 420 g/mol. The Bertz CT molecular complexity index is 1360. The fraction of sp³-hybridized carbons (Fsp3) is 0.360. The molecule has 1 saturated heterocycles. The Hall–Kier alpha value is -2.90. The van der Waals surface area contributed by atoms with Crippen molar-refractivity contribution in [3.63, 3.8) is 0 Å². The van der Waals surface area contributed by atoms with Gasteiger partial charge >= 0.3 is 5.69 Å². The molecule has 2 aromatic heterocycles. The summed E-state index contributed by atoms with van der Waals surface area (Å²) in [4.78, 5) is 33.4. The van der Waals surface area contributed by atoms with Crippen LogP contribution < -0.4 is 16.1 Å². The van der Waals surface area contributed by atoms with E-state index in [1.807, 2.05) is 24.3 Å². The number of aromatic amines is 1. The maximum Gasteiger partial charge on any atom is 0.328 e. The molecule has 0 spiro atoms. The molecule has 0 saturated carbocycles. The topological polar surface area (TPSA) is 61.3 Å². The summed E-state index contributed by atoms with van der Waals surface area (Å²) < 4.78 is 3.00. The first-order valence-corrected chi connectivity index (χ1v) is 12.0. The molecule has 3 heterocycles. The first-order chi connectivity index (χ1) is 15.5. The van der Waals surface area contributed by atoms with E-state index in [4.69, 9.17) is 0 Å². The number of nitrogens with one attached hydrogen (secondary N) is 1. The molecule has 0 unspecified atom stereocenters. The zero-order valence-electron chi connectivity index (χ0n) is 18.5. The minimum absolute atomic E-state index is 0.186. The van der Waals surface area contributed by atoms with Gasteiger partial charge in [0.15, 0.2) is 0 Å². The van der Waals surface area contributed by atoms with E-state index in [0.29, 0.717) is 29.2 Å². The third-order valence-corrected chi connectivity index (χ3v) is 7.61. The summed E-state index contributed by atoms with van der Waals surface area (Å²) in [5, 5.41) is 0.936. The van der Waals surface area contributed by atoms with Crippen molar-refractivity contribution >= 4 is 37.3 Å². The SMILES string of the molecule is CC(C)c1ccc(N2CCN(CCn3c(=O)[nH]c4c(sc5ccccc54)c3=O)CC2)cc1. The molecule has 5 rings (SSSR count). The summed E-state index contributed by atoms with van der Waals surface area (Å²) in [6, 6.07) is 16.7. The Morgan fingerprint density at radius 1 is 0.938 bits per heavy atom. The van der Waals surface area contributed by atoms with E-state index in [1.165, 1.54) is 27.2 Å². The molecule has 1 aliphatic heterocycles. The third-order valence-electron chi connectivity index (χ3n) is 6.45. The molecule has 7 heteroatoms. The van der Waals surface area contributed by atoms with Crippen molar-refractivity contribution in [3.8, 4) is 0 Å². The van der Waals surface area contributed by atoms with E-state index in [1.54, 1.807) is 0 Å². The van der Waals surface area contributed by atoms with E-state index in [0.717, 1.165) is 36.3 Å². The van der Waals surface area contributed by atoms with Crippen LogP contribution >= 0.6 is 11.3 Å². The number of hydrogen-bond acceptors (Lipinski definition) is 5. The number of rotatable bonds is 5. The summed E-state index contributed by atoms with van der Waals surface area (Å²) in [6.45, 7) is 9.25. The molecule has 0 aliphatic carbocycles. The van der Waals surface area contributed by atoms with Gasteiger partial charge in [0.1, 0.15) is 4.70 Å². The number of thiophene rings is 1. The van der Waals surface area contributed by atoms with Crippen molar-refractivity contribution < 1.29 is 0 Å². The minimum Gasteiger partial charge on any atom is -0.369 e. The number of anilines is 1. The van der Waals surface area contributed by atoms with Crippen LogP contribution in [0.1, 0.15) is 25.3 Å². The van der Waals surface area contributed by atoms with Gasteiger partial charge in [0.2, 0.25) is 0 Å². The van der Waals surface area contributed by atoms with Crippen LogP contribution in [0.2, 0.25) is 0 Å². The highest BCUT2D eigenvalue weighted by Gasteiger charge is 2.19. The fourth-order valence-electron chi connectivity index (χ4n) is 4.45. The van der Waals surface area contributed by atoms with Crippen LogP contribution in [0, 0.1) is 0 Å². The lowest BCUT2D eigenvalue weighted by Crippen LogP contribution is -2.48. The van der Waals surface area contributed by atoms with Crippen LogP contribution in [-0.2, 0) is 6.54 Å². The number of fused-ring (bicyclic) bond motifs is 3. The molecule has 1 fully saturated rings. The van der Waals surface area contributed by atoms with Gasteiger partial charge in [0.05, 0.1) is 5.52 Å². The van der Waals surface area contributed by atoms with E-state index >= 15 is 0 Å². The quantitative estimate of drug-likeness (QED) is 0.504. The van der Waals surface area contributed by atoms with Gasteiger partial charge in [-0.15, -0.1) is 11.3 Å². The molecule has 6 nitrogen and oxygen atoms in total. The average Bonchev–Trinajstić information content (AvgIpc) is 3.18. The second-order valence-corrected chi connectivity index (χ2v) is 9.82. The average molecular weight is 449 g/mol. The standard InChI is InChI=1S/C25H28N4O2S/c1-17(2)18-7-9-19(10-8-18)28-14-11-27(12-15-28)13-16-29-24(30)23-22(26-25(29)31)20-5-3-4-6-21(20)32-23/h3-10,17H,11-16H2,1-2H3,(H,26,31). The molecular formula is C25H28N4O2S. The smallest absolute Gasteiger partial charge is 0.328 e. The Morgan fingerprint density at radius 2 is 1.66 bits per heavy atom. The number of piperazine rings is 1. The Labute approximate surface area is 190 Å². The number of hydrogen-bond donors (Lipinski definition) is 1. The maximum atomic E-state index is 13.0. The lowest BCUT2D eigenvalue weighted by molar-refractivity contribution is 0.246. The largest absolute Gasteiger partial charge is 0.369 e. The van der Waals surface area contributed by atoms with Crippen LogP contribution in [0.25, 0.3) is 20.3 Å². The van der Waals surface area contributed by atoms with Crippen molar-refractivity contribution in [1.82, 2.24) is 14.5 Å². The highest BCUT2D eigenvalue weighted by molar-refractivity contribution is 7.25. The van der Waals surface area contributed by atoms with Crippen molar-refractivity contribution in [2.45, 2.75) is 26.3 Å². The third kappa shape index (κ3) is 3.87. The normalized spacial score (nSPS) is 15.3. The van der Waals surface area contributed by atoms with Gasteiger partial charge in [-0.25, -0.2) is 4.79 Å². The van der Waals surface area contributed by atoms with Gasteiger partial charge in [0, 0.05) is 55.0 Å². The van der Waals surface area contributed by atoms with Crippen LogP contribution in [0.5, 0.6) is 0 Å². The number of benzene rings is 2. The van der Waals surface area contributed by atoms with Crippen molar-refractivity contribution in [3.05, 3.63) is 74.9 Å². The number of H-pyrrole nitrogens is 1. The fourth-order valence-corrected chi connectivity index (χ4v) is 5.56. The van der Waals surface area contributed by atoms with E-state index < -0.39 is 0 Å². The first kappa shape index (κ1) is 21.0. The predicted molar refractivity (Wildman–Crippen MR) is 133 cm³/mol. The van der Waals surface area contributed by atoms with Crippen molar-refractivity contribution in [1.29, 1.82) is 0 Å². The summed E-state index contributed by atoms with van der Waals surface area (Å²) >= 11 is 1.45. The molecule has 1 N–H and O–H groups in total. The molecule has 4 aromatic rings. The van der Waals surface area contributed by atoms with Gasteiger partial charge in [-0.05, 0) is 29.7 Å². The van der Waals surface area contributed by atoms with Crippen LogP contribution in [0.3, 0.4) is 0 Å². The molecule has 32 heavy (non-hydrogen) atoms. The summed E-state index contributed by atoms with van der Waals surface area (Å²) in [5.74, 6) is 0.541. The van der Waals surface area contributed by atoms with E-state index in [2.05, 4.69) is 52.9 Å². The van der Waals surface area contributed by atoms with E-state index in [9.17, 15) is 9.59 Å². The number of aromatic nitrogens is 2. The van der Waals surface area contributed by atoms with Crippen molar-refractivity contribution in [2.75, 3.05) is 37.6 Å². The lowest BCUT2D eigenvalue weighted by Gasteiger charge is -2.36. The molecule has 0 atom stereocenters. The Morgan fingerprint density at radius 3 is 2.38 bits per heavy atom.